The molecule has 1 aromatic rings. The standard InChI is InChI=1S/C19H30O/c1-14-7-15(2)9-16(8-14)10-19(20)12-17(3,4)11-18(5,6)13-19/h7-9,20H,10-13H2,1-6H3. The van der Waals surface area contributed by atoms with E-state index in [4.69, 9.17) is 0 Å². The molecule has 1 nitrogen and oxygen atoms in total. The fourth-order valence-corrected chi connectivity index (χ4v) is 4.94. The maximum atomic E-state index is 11.2. The van der Waals surface area contributed by atoms with Crippen LogP contribution in [-0.2, 0) is 6.42 Å². The van der Waals surface area contributed by atoms with Gasteiger partial charge in [0.05, 0.1) is 5.60 Å². The molecule has 1 saturated carbocycles. The summed E-state index contributed by atoms with van der Waals surface area (Å²) in [4.78, 5) is 0. The van der Waals surface area contributed by atoms with Gasteiger partial charge in [-0.1, -0.05) is 57.0 Å². The normalized spacial score (nSPS) is 23.6. The van der Waals surface area contributed by atoms with Crippen LogP contribution in [0.5, 0.6) is 0 Å². The Hall–Kier alpha value is -0.820. The average Bonchev–Trinajstić information content (AvgIpc) is 2.06. The highest BCUT2D eigenvalue weighted by Gasteiger charge is 2.46. The summed E-state index contributed by atoms with van der Waals surface area (Å²) in [5.41, 5.74) is 3.73. The lowest BCUT2D eigenvalue weighted by Gasteiger charge is -2.49. The second kappa shape index (κ2) is 4.87. The lowest BCUT2D eigenvalue weighted by Crippen LogP contribution is -2.47. The molecule has 1 aliphatic carbocycles. The van der Waals surface area contributed by atoms with Crippen molar-refractivity contribution in [2.45, 2.75) is 72.8 Å². The molecule has 0 radical (unpaired) electrons. The highest BCUT2D eigenvalue weighted by molar-refractivity contribution is 5.29. The zero-order valence-corrected chi connectivity index (χ0v) is 14.0. The second-order valence-corrected chi connectivity index (χ2v) is 8.76. The minimum Gasteiger partial charge on any atom is -0.390 e. The van der Waals surface area contributed by atoms with Gasteiger partial charge >= 0.3 is 0 Å². The van der Waals surface area contributed by atoms with Crippen molar-refractivity contribution >= 4 is 0 Å². The average molecular weight is 274 g/mol. The first-order chi connectivity index (χ1) is 8.99. The quantitative estimate of drug-likeness (QED) is 0.820. The smallest absolute Gasteiger partial charge is 0.0698 e. The first kappa shape index (κ1) is 15.6. The molecule has 0 spiro atoms. The molecule has 0 heterocycles. The Morgan fingerprint density at radius 3 is 1.75 bits per heavy atom. The van der Waals surface area contributed by atoms with E-state index < -0.39 is 5.60 Å². The van der Waals surface area contributed by atoms with Crippen LogP contribution in [0.4, 0.5) is 0 Å². The predicted molar refractivity (Wildman–Crippen MR) is 86.0 cm³/mol. The highest BCUT2D eigenvalue weighted by atomic mass is 16.3. The SMILES string of the molecule is Cc1cc(C)cc(CC2(O)CC(C)(C)CC(C)(C)C2)c1. The Bertz CT molecular complexity index is 460. The van der Waals surface area contributed by atoms with E-state index in [2.05, 4.69) is 59.7 Å². The molecule has 0 aromatic heterocycles. The summed E-state index contributed by atoms with van der Waals surface area (Å²) >= 11 is 0. The molecular weight excluding hydrogens is 244 g/mol. The number of aryl methyl sites for hydroxylation is 2. The van der Waals surface area contributed by atoms with Crippen molar-refractivity contribution in [3.63, 3.8) is 0 Å². The molecule has 0 bridgehead atoms. The topological polar surface area (TPSA) is 20.2 Å². The van der Waals surface area contributed by atoms with E-state index in [1.807, 2.05) is 0 Å². The summed E-state index contributed by atoms with van der Waals surface area (Å²) in [6, 6.07) is 6.64. The number of benzene rings is 1. The van der Waals surface area contributed by atoms with Gasteiger partial charge in [0.1, 0.15) is 0 Å². The number of hydrogen-bond donors (Lipinski definition) is 1. The molecule has 0 amide bonds. The third kappa shape index (κ3) is 3.85. The summed E-state index contributed by atoms with van der Waals surface area (Å²) in [7, 11) is 0. The largest absolute Gasteiger partial charge is 0.390 e. The summed E-state index contributed by atoms with van der Waals surface area (Å²) in [6.45, 7) is 13.4. The predicted octanol–water partition coefficient (Wildman–Crippen LogP) is 4.81. The van der Waals surface area contributed by atoms with Crippen LogP contribution in [-0.4, -0.2) is 10.7 Å². The van der Waals surface area contributed by atoms with Crippen LogP contribution in [0.3, 0.4) is 0 Å². The maximum Gasteiger partial charge on any atom is 0.0698 e. The van der Waals surface area contributed by atoms with Crippen LogP contribution >= 0.6 is 0 Å². The Kier molecular flexibility index (Phi) is 3.79. The van der Waals surface area contributed by atoms with Crippen molar-refractivity contribution in [3.05, 3.63) is 34.9 Å². The Balaban J connectivity index is 2.26. The molecule has 0 aliphatic heterocycles. The van der Waals surface area contributed by atoms with Gasteiger partial charge in [0.25, 0.3) is 0 Å². The molecule has 1 fully saturated rings. The number of aliphatic hydroxyl groups is 1. The van der Waals surface area contributed by atoms with Gasteiger partial charge < -0.3 is 5.11 Å². The fraction of sp³-hybridized carbons (Fsp3) is 0.684. The Morgan fingerprint density at radius 2 is 1.30 bits per heavy atom. The van der Waals surface area contributed by atoms with Crippen molar-refractivity contribution in [1.82, 2.24) is 0 Å². The molecule has 1 N–H and O–H groups in total. The molecule has 1 aromatic carbocycles. The zero-order chi connectivity index (χ0) is 15.2. The molecule has 1 aliphatic rings. The lowest BCUT2D eigenvalue weighted by molar-refractivity contribution is -0.0850. The summed E-state index contributed by atoms with van der Waals surface area (Å²) < 4.78 is 0. The van der Waals surface area contributed by atoms with Crippen molar-refractivity contribution in [2.24, 2.45) is 10.8 Å². The van der Waals surface area contributed by atoms with Crippen molar-refractivity contribution in [2.75, 3.05) is 0 Å². The fourth-order valence-electron chi connectivity index (χ4n) is 4.94. The van der Waals surface area contributed by atoms with E-state index in [9.17, 15) is 5.11 Å². The van der Waals surface area contributed by atoms with Gasteiger partial charge in [0, 0.05) is 6.42 Å². The van der Waals surface area contributed by atoms with Crippen LogP contribution in [0.15, 0.2) is 18.2 Å². The molecule has 0 saturated heterocycles. The van der Waals surface area contributed by atoms with Crippen LogP contribution < -0.4 is 0 Å². The van der Waals surface area contributed by atoms with E-state index in [0.29, 0.717) is 0 Å². The van der Waals surface area contributed by atoms with E-state index in [0.717, 1.165) is 19.3 Å². The van der Waals surface area contributed by atoms with E-state index >= 15 is 0 Å². The van der Waals surface area contributed by atoms with Gasteiger partial charge in [-0.3, -0.25) is 0 Å². The monoisotopic (exact) mass is 274 g/mol. The molecular formula is C19H30O. The summed E-state index contributed by atoms with van der Waals surface area (Å²) in [5.74, 6) is 0. The number of rotatable bonds is 2. The summed E-state index contributed by atoms with van der Waals surface area (Å²) in [5, 5.41) is 11.2. The van der Waals surface area contributed by atoms with Gasteiger partial charge in [0.2, 0.25) is 0 Å². The molecule has 0 unspecified atom stereocenters. The minimum absolute atomic E-state index is 0.218. The van der Waals surface area contributed by atoms with Crippen molar-refractivity contribution in [1.29, 1.82) is 0 Å². The molecule has 20 heavy (non-hydrogen) atoms. The Labute approximate surface area is 124 Å². The van der Waals surface area contributed by atoms with Crippen LogP contribution in [0, 0.1) is 24.7 Å². The van der Waals surface area contributed by atoms with Crippen molar-refractivity contribution in [3.8, 4) is 0 Å². The molecule has 1 heteroatoms. The van der Waals surface area contributed by atoms with Crippen molar-refractivity contribution < 1.29 is 5.11 Å². The molecule has 112 valence electrons. The third-order valence-electron chi connectivity index (χ3n) is 4.39. The summed E-state index contributed by atoms with van der Waals surface area (Å²) in [6.07, 6.45) is 3.77. The van der Waals surface area contributed by atoms with Crippen LogP contribution in [0.2, 0.25) is 0 Å². The van der Waals surface area contributed by atoms with Gasteiger partial charge in [0.15, 0.2) is 0 Å². The van der Waals surface area contributed by atoms with E-state index in [-0.39, 0.29) is 10.8 Å². The van der Waals surface area contributed by atoms with Gasteiger partial charge in [-0.05, 0) is 49.5 Å². The molecule has 2 rings (SSSR count). The Morgan fingerprint density at radius 1 is 0.850 bits per heavy atom. The van der Waals surface area contributed by atoms with E-state index in [1.165, 1.54) is 23.1 Å². The minimum atomic E-state index is -0.564. The van der Waals surface area contributed by atoms with Crippen LogP contribution in [0.1, 0.15) is 63.6 Å². The lowest BCUT2D eigenvalue weighted by atomic mass is 9.58. The number of hydrogen-bond acceptors (Lipinski definition) is 1. The first-order valence-corrected chi connectivity index (χ1v) is 7.78. The maximum absolute atomic E-state index is 11.2. The molecule has 0 atom stereocenters. The second-order valence-electron chi connectivity index (χ2n) is 8.76. The zero-order valence-electron chi connectivity index (χ0n) is 14.0. The first-order valence-electron chi connectivity index (χ1n) is 7.78. The third-order valence-corrected chi connectivity index (χ3v) is 4.39. The van der Waals surface area contributed by atoms with Gasteiger partial charge in [-0.15, -0.1) is 0 Å². The van der Waals surface area contributed by atoms with E-state index in [1.54, 1.807) is 0 Å². The van der Waals surface area contributed by atoms with Gasteiger partial charge in [-0.2, -0.15) is 0 Å². The highest BCUT2D eigenvalue weighted by Crippen LogP contribution is 2.51. The van der Waals surface area contributed by atoms with Gasteiger partial charge in [-0.25, -0.2) is 0 Å². The van der Waals surface area contributed by atoms with Crippen LogP contribution in [0.25, 0.3) is 0 Å².